The Bertz CT molecular complexity index is 1300. The number of hydrogen-bond donors (Lipinski definition) is 1. The Labute approximate surface area is 217 Å². The van der Waals surface area contributed by atoms with Crippen LogP contribution in [0.5, 0.6) is 0 Å². The number of rotatable bonds is 4. The molecule has 36 heavy (non-hydrogen) atoms. The van der Waals surface area contributed by atoms with Gasteiger partial charge >= 0.3 is 6.03 Å². The molecule has 6 rings (SSSR count). The lowest BCUT2D eigenvalue weighted by atomic mass is 10.0. The number of nitrogens with one attached hydrogen (secondary N) is 1. The van der Waals surface area contributed by atoms with Gasteiger partial charge in [0.1, 0.15) is 0 Å². The van der Waals surface area contributed by atoms with E-state index in [9.17, 15) is 19.2 Å². The number of nitrogens with zero attached hydrogens (tertiary/aromatic N) is 4. The number of imide groups is 2. The molecule has 186 valence electrons. The first kappa shape index (κ1) is 23.3. The van der Waals surface area contributed by atoms with Gasteiger partial charge in [-0.2, -0.15) is 5.01 Å². The summed E-state index contributed by atoms with van der Waals surface area (Å²) in [5.74, 6) is -1.54. The number of likely N-dealkylation sites (tertiary alicyclic amines) is 1. The fourth-order valence-electron chi connectivity index (χ4n) is 5.80. The van der Waals surface area contributed by atoms with E-state index in [1.54, 1.807) is 18.2 Å². The third-order valence-electron chi connectivity index (χ3n) is 7.38. The average molecular weight is 528 g/mol. The summed E-state index contributed by atoms with van der Waals surface area (Å²) < 4.78 is 0. The van der Waals surface area contributed by atoms with Crippen LogP contribution in [0.3, 0.4) is 0 Å². The number of anilines is 1. The van der Waals surface area contributed by atoms with Crippen LogP contribution in [0, 0.1) is 0 Å². The molecule has 3 saturated heterocycles. The Morgan fingerprint density at radius 2 is 1.64 bits per heavy atom. The van der Waals surface area contributed by atoms with Crippen LogP contribution in [0.15, 0.2) is 36.4 Å². The van der Waals surface area contributed by atoms with Crippen molar-refractivity contribution in [3.63, 3.8) is 0 Å². The molecule has 4 heterocycles. The lowest BCUT2D eigenvalue weighted by molar-refractivity contribution is -0.122. The molecule has 0 spiro atoms. The van der Waals surface area contributed by atoms with Gasteiger partial charge in [-0.05, 0) is 42.7 Å². The van der Waals surface area contributed by atoms with Gasteiger partial charge in [0.25, 0.3) is 11.8 Å². The topological polar surface area (TPSA) is 93.3 Å². The van der Waals surface area contributed by atoms with Crippen molar-refractivity contribution in [1.82, 2.24) is 20.2 Å². The normalized spacial score (nSPS) is 24.0. The van der Waals surface area contributed by atoms with E-state index in [2.05, 4.69) is 15.1 Å². The van der Waals surface area contributed by atoms with Crippen molar-refractivity contribution in [3.05, 3.63) is 63.1 Å². The van der Waals surface area contributed by atoms with E-state index in [1.165, 1.54) is 0 Å². The van der Waals surface area contributed by atoms with Crippen molar-refractivity contribution in [2.75, 3.05) is 24.5 Å². The number of hydrogen-bond acceptors (Lipinski definition) is 6. The standard InChI is InChI=1S/C25H23Cl2N5O4/c26-19-2-1-3-20(22(19)27)31-15-5-6-16(31)13-29(12-15)11-14-4-7-17-18(10-14)24(35)32(23(17)34)30-9-8-21(33)28-25(30)36/h1-4,7,10,15-16H,5-6,8-9,11-13H2,(H,28,33,36). The molecule has 2 unspecified atom stereocenters. The molecule has 2 aromatic rings. The third-order valence-corrected chi connectivity index (χ3v) is 8.18. The number of fused-ring (bicyclic) bond motifs is 3. The van der Waals surface area contributed by atoms with Crippen LogP contribution in [0.1, 0.15) is 45.5 Å². The maximum atomic E-state index is 13.1. The highest BCUT2D eigenvalue weighted by molar-refractivity contribution is 6.43. The minimum Gasteiger partial charge on any atom is -0.362 e. The molecule has 4 aliphatic rings. The van der Waals surface area contributed by atoms with Crippen molar-refractivity contribution in [1.29, 1.82) is 0 Å². The van der Waals surface area contributed by atoms with E-state index in [0.29, 0.717) is 28.7 Å². The molecule has 5 amide bonds. The maximum absolute atomic E-state index is 13.1. The van der Waals surface area contributed by atoms with Crippen LogP contribution in [0.2, 0.25) is 10.0 Å². The molecule has 3 fully saturated rings. The number of halogens is 2. The van der Waals surface area contributed by atoms with E-state index < -0.39 is 23.8 Å². The molecule has 4 aliphatic heterocycles. The number of carbonyl (C=O) groups is 4. The van der Waals surface area contributed by atoms with Gasteiger partial charge in [0, 0.05) is 38.1 Å². The van der Waals surface area contributed by atoms with Gasteiger partial charge in [-0.25, -0.2) is 9.80 Å². The maximum Gasteiger partial charge on any atom is 0.343 e. The first-order valence-corrected chi connectivity index (χ1v) is 12.6. The number of urea groups is 1. The minimum absolute atomic E-state index is 0.0211. The van der Waals surface area contributed by atoms with Crippen molar-refractivity contribution in [3.8, 4) is 0 Å². The molecular formula is C25H23Cl2N5O4. The largest absolute Gasteiger partial charge is 0.362 e. The Morgan fingerprint density at radius 1 is 0.917 bits per heavy atom. The quantitative estimate of drug-likeness (QED) is 0.613. The highest BCUT2D eigenvalue weighted by Crippen LogP contribution is 2.41. The van der Waals surface area contributed by atoms with Gasteiger partial charge < -0.3 is 4.90 Å². The van der Waals surface area contributed by atoms with Crippen LogP contribution in [-0.4, -0.2) is 70.4 Å². The molecule has 0 aliphatic carbocycles. The molecule has 1 N–H and O–H groups in total. The van der Waals surface area contributed by atoms with Crippen molar-refractivity contribution < 1.29 is 19.2 Å². The summed E-state index contributed by atoms with van der Waals surface area (Å²) in [5.41, 5.74) is 2.42. The molecule has 9 nitrogen and oxygen atoms in total. The second-order valence-corrected chi connectivity index (χ2v) is 10.4. The highest BCUT2D eigenvalue weighted by Gasteiger charge is 2.44. The number of hydrazine groups is 1. The first-order valence-electron chi connectivity index (χ1n) is 11.9. The van der Waals surface area contributed by atoms with Crippen LogP contribution in [0.4, 0.5) is 10.5 Å². The Hall–Kier alpha value is -3.14. The lowest BCUT2D eigenvalue weighted by Crippen LogP contribution is -2.58. The second kappa shape index (κ2) is 8.76. The average Bonchev–Trinajstić information content (AvgIpc) is 3.25. The van der Waals surface area contributed by atoms with Gasteiger partial charge in [0.15, 0.2) is 0 Å². The van der Waals surface area contributed by atoms with E-state index >= 15 is 0 Å². The minimum atomic E-state index is -0.769. The smallest absolute Gasteiger partial charge is 0.343 e. The fourth-order valence-corrected chi connectivity index (χ4v) is 6.19. The van der Waals surface area contributed by atoms with E-state index in [-0.39, 0.29) is 24.1 Å². The lowest BCUT2D eigenvalue weighted by Gasteiger charge is -2.43. The summed E-state index contributed by atoms with van der Waals surface area (Å²) >= 11 is 12.8. The summed E-state index contributed by atoms with van der Waals surface area (Å²) in [6, 6.07) is 10.8. The molecule has 11 heteroatoms. The zero-order valence-corrected chi connectivity index (χ0v) is 20.8. The summed E-state index contributed by atoms with van der Waals surface area (Å²) in [4.78, 5) is 54.5. The Morgan fingerprint density at radius 3 is 2.36 bits per heavy atom. The van der Waals surface area contributed by atoms with Crippen LogP contribution in [0.25, 0.3) is 0 Å². The number of benzene rings is 2. The van der Waals surface area contributed by atoms with Gasteiger partial charge in [0.2, 0.25) is 5.91 Å². The van der Waals surface area contributed by atoms with Crippen LogP contribution >= 0.6 is 23.2 Å². The summed E-state index contributed by atoms with van der Waals surface area (Å²) in [7, 11) is 0. The molecular weight excluding hydrogens is 505 g/mol. The third kappa shape index (κ3) is 3.73. The second-order valence-electron chi connectivity index (χ2n) is 9.59. The van der Waals surface area contributed by atoms with Gasteiger partial charge in [-0.15, -0.1) is 0 Å². The fraction of sp³-hybridized carbons (Fsp3) is 0.360. The number of amides is 5. The molecule has 0 saturated carbocycles. The molecule has 2 bridgehead atoms. The van der Waals surface area contributed by atoms with Crippen molar-refractivity contribution in [2.24, 2.45) is 0 Å². The van der Waals surface area contributed by atoms with Gasteiger partial charge in [-0.3, -0.25) is 24.6 Å². The highest BCUT2D eigenvalue weighted by atomic mass is 35.5. The van der Waals surface area contributed by atoms with E-state index in [1.807, 2.05) is 18.2 Å². The van der Waals surface area contributed by atoms with Crippen LogP contribution < -0.4 is 10.2 Å². The monoisotopic (exact) mass is 527 g/mol. The molecule has 2 aromatic carbocycles. The summed E-state index contributed by atoms with van der Waals surface area (Å²) in [5, 5.41) is 5.13. The zero-order valence-electron chi connectivity index (χ0n) is 19.2. The predicted octanol–water partition coefficient (Wildman–Crippen LogP) is 3.30. The number of piperazine rings is 1. The van der Waals surface area contributed by atoms with Gasteiger partial charge in [-0.1, -0.05) is 35.3 Å². The number of carbonyl (C=O) groups excluding carboxylic acids is 4. The Kier molecular flexibility index (Phi) is 5.66. The molecule has 0 radical (unpaired) electrons. The summed E-state index contributed by atoms with van der Waals surface area (Å²) in [6.45, 7) is 2.30. The molecule has 2 atom stereocenters. The van der Waals surface area contributed by atoms with Crippen molar-refractivity contribution in [2.45, 2.75) is 37.9 Å². The van der Waals surface area contributed by atoms with E-state index in [4.69, 9.17) is 23.2 Å². The predicted molar refractivity (Wildman–Crippen MR) is 133 cm³/mol. The van der Waals surface area contributed by atoms with Crippen molar-refractivity contribution >= 4 is 52.6 Å². The SMILES string of the molecule is O=C1CCN(N2C(=O)c3ccc(CN4CC5CCC(C4)N5c4cccc(Cl)c4Cl)cc3C2=O)C(=O)N1. The van der Waals surface area contributed by atoms with Crippen LogP contribution in [-0.2, 0) is 11.3 Å². The zero-order chi connectivity index (χ0) is 25.1. The Balaban J connectivity index is 1.18. The van der Waals surface area contributed by atoms with Gasteiger partial charge in [0.05, 0.1) is 33.4 Å². The van der Waals surface area contributed by atoms with E-state index in [0.717, 1.165) is 47.2 Å². The first-order chi connectivity index (χ1) is 17.3. The molecule has 0 aromatic heterocycles. The summed E-state index contributed by atoms with van der Waals surface area (Å²) in [6.07, 6.45) is 2.16.